The van der Waals surface area contributed by atoms with Crippen LogP contribution in [-0.2, 0) is 6.54 Å². The monoisotopic (exact) mass is 235 g/mol. The molecule has 1 aromatic heterocycles. The average molecular weight is 235 g/mol. The van der Waals surface area contributed by atoms with E-state index in [1.54, 1.807) is 10.9 Å². The summed E-state index contributed by atoms with van der Waals surface area (Å²) in [7, 11) is 0. The van der Waals surface area contributed by atoms with Gasteiger partial charge in [-0.15, -0.1) is 0 Å². The Hall–Kier alpha value is -1.32. The lowest BCUT2D eigenvalue weighted by Crippen LogP contribution is -2.43. The summed E-state index contributed by atoms with van der Waals surface area (Å²) in [5.74, 6) is 1.32. The van der Waals surface area contributed by atoms with E-state index >= 15 is 0 Å². The molecule has 1 aromatic rings. The van der Waals surface area contributed by atoms with E-state index in [0.717, 1.165) is 19.6 Å². The van der Waals surface area contributed by atoms with Crippen molar-refractivity contribution in [1.29, 1.82) is 0 Å². The highest BCUT2D eigenvalue weighted by atomic mass is 16.2. The van der Waals surface area contributed by atoms with Crippen molar-refractivity contribution in [2.24, 2.45) is 11.8 Å². The van der Waals surface area contributed by atoms with Gasteiger partial charge in [0, 0.05) is 25.8 Å². The Bertz CT molecular complexity index is 389. The molecule has 94 valence electrons. The molecule has 0 radical (unpaired) electrons. The van der Waals surface area contributed by atoms with Gasteiger partial charge in [0.2, 0.25) is 0 Å². The lowest BCUT2D eigenvalue weighted by molar-refractivity contribution is 0.0610. The molecule has 1 saturated heterocycles. The van der Waals surface area contributed by atoms with Crippen LogP contribution in [0.25, 0.3) is 0 Å². The fraction of sp³-hybridized carbons (Fsp3) is 0.692. The van der Waals surface area contributed by atoms with Crippen LogP contribution in [-0.4, -0.2) is 33.7 Å². The molecule has 1 aliphatic rings. The Morgan fingerprint density at radius 2 is 2.06 bits per heavy atom. The molecule has 0 aromatic carbocycles. The largest absolute Gasteiger partial charge is 0.337 e. The molecule has 2 rings (SSSR count). The first-order chi connectivity index (χ1) is 8.11. The number of piperidine rings is 1. The molecular weight excluding hydrogens is 214 g/mol. The van der Waals surface area contributed by atoms with E-state index in [1.807, 2.05) is 17.9 Å². The quantitative estimate of drug-likeness (QED) is 0.786. The third-order valence-electron chi connectivity index (χ3n) is 3.39. The van der Waals surface area contributed by atoms with E-state index < -0.39 is 0 Å². The normalized spacial score (nSPS) is 25.0. The predicted octanol–water partition coefficient (Wildman–Crippen LogP) is 2.02. The van der Waals surface area contributed by atoms with Crippen molar-refractivity contribution >= 4 is 5.91 Å². The summed E-state index contributed by atoms with van der Waals surface area (Å²) in [5.41, 5.74) is 0.716. The molecule has 1 fully saturated rings. The summed E-state index contributed by atoms with van der Waals surface area (Å²) in [6.07, 6.45) is 2.92. The van der Waals surface area contributed by atoms with Crippen LogP contribution in [0, 0.1) is 11.8 Å². The molecule has 0 spiro atoms. The molecule has 2 heterocycles. The van der Waals surface area contributed by atoms with Crippen molar-refractivity contribution in [2.45, 2.75) is 33.7 Å². The number of amides is 1. The Kier molecular flexibility index (Phi) is 3.50. The summed E-state index contributed by atoms with van der Waals surface area (Å²) in [4.78, 5) is 14.4. The molecule has 0 N–H and O–H groups in total. The summed E-state index contributed by atoms with van der Waals surface area (Å²) in [6.45, 7) is 8.93. The first-order valence-corrected chi connectivity index (χ1v) is 6.43. The third kappa shape index (κ3) is 2.51. The van der Waals surface area contributed by atoms with Crippen molar-refractivity contribution in [1.82, 2.24) is 14.7 Å². The van der Waals surface area contributed by atoms with E-state index in [1.165, 1.54) is 6.42 Å². The zero-order valence-electron chi connectivity index (χ0n) is 10.9. The van der Waals surface area contributed by atoms with Crippen molar-refractivity contribution < 1.29 is 4.79 Å². The Labute approximate surface area is 103 Å². The van der Waals surface area contributed by atoms with Crippen LogP contribution in [0.2, 0.25) is 0 Å². The van der Waals surface area contributed by atoms with Gasteiger partial charge >= 0.3 is 0 Å². The van der Waals surface area contributed by atoms with Gasteiger partial charge < -0.3 is 4.90 Å². The fourth-order valence-corrected chi connectivity index (χ4v) is 2.76. The number of rotatable bonds is 2. The molecule has 1 amide bonds. The lowest BCUT2D eigenvalue weighted by atomic mass is 9.92. The SMILES string of the molecule is CCn1nccc1C(=O)N1C[C@H](C)C[C@@H](C)C1. The maximum absolute atomic E-state index is 12.4. The minimum absolute atomic E-state index is 0.128. The first kappa shape index (κ1) is 12.1. The lowest BCUT2D eigenvalue weighted by Gasteiger charge is -2.35. The van der Waals surface area contributed by atoms with Crippen LogP contribution < -0.4 is 0 Å². The number of aromatic nitrogens is 2. The molecule has 0 bridgehead atoms. The number of hydrogen-bond donors (Lipinski definition) is 0. The van der Waals surface area contributed by atoms with E-state index in [0.29, 0.717) is 17.5 Å². The highest BCUT2D eigenvalue weighted by molar-refractivity contribution is 5.92. The molecular formula is C13H21N3O. The molecule has 0 saturated carbocycles. The van der Waals surface area contributed by atoms with Crippen molar-refractivity contribution in [2.75, 3.05) is 13.1 Å². The van der Waals surface area contributed by atoms with Gasteiger partial charge in [0.25, 0.3) is 5.91 Å². The van der Waals surface area contributed by atoms with Crippen LogP contribution in [0.15, 0.2) is 12.3 Å². The van der Waals surface area contributed by atoms with Crippen molar-refractivity contribution in [3.63, 3.8) is 0 Å². The van der Waals surface area contributed by atoms with E-state index in [9.17, 15) is 4.79 Å². The van der Waals surface area contributed by atoms with Gasteiger partial charge in [0.15, 0.2) is 0 Å². The Morgan fingerprint density at radius 3 is 2.65 bits per heavy atom. The molecule has 0 aliphatic carbocycles. The highest BCUT2D eigenvalue weighted by Gasteiger charge is 2.27. The summed E-state index contributed by atoms with van der Waals surface area (Å²) in [6, 6.07) is 1.82. The number of nitrogens with zero attached hydrogens (tertiary/aromatic N) is 3. The predicted molar refractivity (Wildman–Crippen MR) is 66.7 cm³/mol. The molecule has 2 atom stereocenters. The van der Waals surface area contributed by atoms with Gasteiger partial charge in [0.1, 0.15) is 5.69 Å². The molecule has 4 heteroatoms. The third-order valence-corrected chi connectivity index (χ3v) is 3.39. The van der Waals surface area contributed by atoms with Crippen LogP contribution in [0.4, 0.5) is 0 Å². The number of carbonyl (C=O) groups excluding carboxylic acids is 1. The maximum Gasteiger partial charge on any atom is 0.272 e. The van der Waals surface area contributed by atoms with Crippen molar-refractivity contribution in [3.05, 3.63) is 18.0 Å². The smallest absolute Gasteiger partial charge is 0.272 e. The van der Waals surface area contributed by atoms with Crippen molar-refractivity contribution in [3.8, 4) is 0 Å². The second-order valence-corrected chi connectivity index (χ2v) is 5.19. The van der Waals surface area contributed by atoms with Gasteiger partial charge in [0.05, 0.1) is 0 Å². The second kappa shape index (κ2) is 4.90. The minimum atomic E-state index is 0.128. The van der Waals surface area contributed by atoms with Crippen LogP contribution >= 0.6 is 0 Å². The second-order valence-electron chi connectivity index (χ2n) is 5.19. The zero-order chi connectivity index (χ0) is 12.4. The van der Waals surface area contributed by atoms with Gasteiger partial charge in [-0.2, -0.15) is 5.10 Å². The molecule has 17 heavy (non-hydrogen) atoms. The van der Waals surface area contributed by atoms with Crippen LogP contribution in [0.3, 0.4) is 0 Å². The van der Waals surface area contributed by atoms with E-state index in [-0.39, 0.29) is 5.91 Å². The van der Waals surface area contributed by atoms with E-state index in [4.69, 9.17) is 0 Å². The van der Waals surface area contributed by atoms with Gasteiger partial charge in [-0.25, -0.2) is 0 Å². The molecule has 4 nitrogen and oxygen atoms in total. The Balaban J connectivity index is 2.14. The number of aryl methyl sites for hydroxylation is 1. The topological polar surface area (TPSA) is 38.1 Å². The Morgan fingerprint density at radius 1 is 1.41 bits per heavy atom. The zero-order valence-corrected chi connectivity index (χ0v) is 10.9. The van der Waals surface area contributed by atoms with Gasteiger partial charge in [-0.1, -0.05) is 13.8 Å². The van der Waals surface area contributed by atoms with Gasteiger partial charge in [-0.3, -0.25) is 9.48 Å². The molecule has 1 aliphatic heterocycles. The van der Waals surface area contributed by atoms with Crippen LogP contribution in [0.1, 0.15) is 37.7 Å². The number of likely N-dealkylation sites (tertiary alicyclic amines) is 1. The summed E-state index contributed by atoms with van der Waals surface area (Å²) in [5, 5.41) is 4.16. The van der Waals surface area contributed by atoms with Gasteiger partial charge in [-0.05, 0) is 31.2 Å². The highest BCUT2D eigenvalue weighted by Crippen LogP contribution is 2.22. The average Bonchev–Trinajstić information content (AvgIpc) is 2.74. The summed E-state index contributed by atoms with van der Waals surface area (Å²) >= 11 is 0. The number of carbonyl (C=O) groups is 1. The molecule has 0 unspecified atom stereocenters. The standard InChI is InChI=1S/C13H21N3O/c1-4-16-12(5-6-14-16)13(17)15-8-10(2)7-11(3)9-15/h5-6,10-11H,4,7-9H2,1-3H3/t10-,11-/m1/s1. The van der Waals surface area contributed by atoms with Crippen LogP contribution in [0.5, 0.6) is 0 Å². The van der Waals surface area contributed by atoms with E-state index in [2.05, 4.69) is 18.9 Å². The number of hydrogen-bond acceptors (Lipinski definition) is 2. The summed E-state index contributed by atoms with van der Waals surface area (Å²) < 4.78 is 1.77. The first-order valence-electron chi connectivity index (χ1n) is 6.43. The fourth-order valence-electron chi connectivity index (χ4n) is 2.76. The maximum atomic E-state index is 12.4. The minimum Gasteiger partial charge on any atom is -0.337 e.